The van der Waals surface area contributed by atoms with Crippen LogP contribution in [0.15, 0.2) is 30.3 Å². The Hall–Kier alpha value is -1.94. The Morgan fingerprint density at radius 1 is 1.15 bits per heavy atom. The van der Waals surface area contributed by atoms with E-state index in [0.717, 1.165) is 22.8 Å². The van der Waals surface area contributed by atoms with Gasteiger partial charge in [-0.15, -0.1) is 0 Å². The Bertz CT molecular complexity index is 602. The van der Waals surface area contributed by atoms with Crippen molar-refractivity contribution in [2.24, 2.45) is 0 Å². The van der Waals surface area contributed by atoms with Crippen LogP contribution in [0.2, 0.25) is 5.02 Å². The molecule has 2 aromatic rings. The molecule has 0 aliphatic rings. The molecule has 2 rings (SSSR count). The largest absolute Gasteiger partial charge is 0.497 e. The topological polar surface area (TPSA) is 43.4 Å². The van der Waals surface area contributed by atoms with Gasteiger partial charge in [-0.25, -0.2) is 0 Å². The van der Waals surface area contributed by atoms with Crippen LogP contribution in [0.1, 0.15) is 11.4 Å². The summed E-state index contributed by atoms with van der Waals surface area (Å²) in [5.74, 6) is 1.47. The van der Waals surface area contributed by atoms with Gasteiger partial charge < -0.3 is 14.8 Å². The van der Waals surface area contributed by atoms with Crippen LogP contribution < -0.4 is 14.8 Å². The van der Waals surface area contributed by atoms with Crippen LogP contribution in [-0.2, 0) is 6.54 Å². The Labute approximate surface area is 123 Å². The van der Waals surface area contributed by atoms with E-state index in [1.54, 1.807) is 14.2 Å². The van der Waals surface area contributed by atoms with E-state index in [2.05, 4.69) is 10.3 Å². The van der Waals surface area contributed by atoms with Gasteiger partial charge in [-0.05, 0) is 25.1 Å². The zero-order valence-corrected chi connectivity index (χ0v) is 12.5. The number of aromatic nitrogens is 1. The van der Waals surface area contributed by atoms with Crippen LogP contribution in [0.3, 0.4) is 0 Å². The minimum Gasteiger partial charge on any atom is -0.497 e. The first-order chi connectivity index (χ1) is 9.62. The van der Waals surface area contributed by atoms with Gasteiger partial charge in [0, 0.05) is 23.5 Å². The van der Waals surface area contributed by atoms with Crippen LogP contribution in [0.4, 0.5) is 5.69 Å². The van der Waals surface area contributed by atoms with Crippen molar-refractivity contribution >= 4 is 17.3 Å². The van der Waals surface area contributed by atoms with Gasteiger partial charge in [0.05, 0.1) is 31.5 Å². The highest BCUT2D eigenvalue weighted by atomic mass is 35.5. The van der Waals surface area contributed by atoms with Gasteiger partial charge in [-0.2, -0.15) is 0 Å². The summed E-state index contributed by atoms with van der Waals surface area (Å²) in [4.78, 5) is 4.45. The minimum atomic E-state index is 0.576. The van der Waals surface area contributed by atoms with Gasteiger partial charge in [0.15, 0.2) is 0 Å². The third-order valence-electron chi connectivity index (χ3n) is 2.84. The monoisotopic (exact) mass is 292 g/mol. The maximum Gasteiger partial charge on any atom is 0.137 e. The number of nitrogens with zero attached hydrogens (tertiary/aromatic N) is 1. The number of halogens is 1. The summed E-state index contributed by atoms with van der Waals surface area (Å²) in [6.45, 7) is 2.54. The van der Waals surface area contributed by atoms with E-state index in [1.807, 2.05) is 37.3 Å². The molecule has 1 N–H and O–H groups in total. The Balaban J connectivity index is 2.08. The summed E-state index contributed by atoms with van der Waals surface area (Å²) in [6, 6.07) is 9.37. The number of aryl methyl sites for hydroxylation is 1. The lowest BCUT2D eigenvalue weighted by atomic mass is 10.2. The first-order valence-electron chi connectivity index (χ1n) is 6.21. The Morgan fingerprint density at radius 2 is 1.95 bits per heavy atom. The maximum absolute atomic E-state index is 6.08. The smallest absolute Gasteiger partial charge is 0.137 e. The summed E-state index contributed by atoms with van der Waals surface area (Å²) in [5.41, 5.74) is 2.75. The number of nitrogens with one attached hydrogen (secondary N) is 1. The number of hydrogen-bond donors (Lipinski definition) is 1. The SMILES string of the molecule is COc1cc(C)nc(CNc2ccc(OC)c(Cl)c2)c1. The lowest BCUT2D eigenvalue weighted by Crippen LogP contribution is -2.03. The van der Waals surface area contributed by atoms with E-state index in [4.69, 9.17) is 21.1 Å². The number of benzene rings is 1. The van der Waals surface area contributed by atoms with Crippen LogP contribution in [0.5, 0.6) is 11.5 Å². The van der Waals surface area contributed by atoms with Crippen molar-refractivity contribution in [3.8, 4) is 11.5 Å². The zero-order chi connectivity index (χ0) is 14.5. The normalized spacial score (nSPS) is 10.2. The van der Waals surface area contributed by atoms with Gasteiger partial charge >= 0.3 is 0 Å². The number of anilines is 1. The minimum absolute atomic E-state index is 0.576. The van der Waals surface area contributed by atoms with Crippen molar-refractivity contribution in [3.05, 3.63) is 46.7 Å². The van der Waals surface area contributed by atoms with Crippen LogP contribution in [-0.4, -0.2) is 19.2 Å². The van der Waals surface area contributed by atoms with E-state index >= 15 is 0 Å². The molecule has 0 aliphatic carbocycles. The van der Waals surface area contributed by atoms with Crippen molar-refractivity contribution in [2.75, 3.05) is 19.5 Å². The average Bonchev–Trinajstić information content (AvgIpc) is 2.44. The second-order valence-corrected chi connectivity index (χ2v) is 4.75. The molecule has 20 heavy (non-hydrogen) atoms. The van der Waals surface area contributed by atoms with E-state index in [9.17, 15) is 0 Å². The lowest BCUT2D eigenvalue weighted by Gasteiger charge is -2.10. The van der Waals surface area contributed by atoms with Gasteiger partial charge in [0.1, 0.15) is 11.5 Å². The summed E-state index contributed by atoms with van der Waals surface area (Å²) in [6.07, 6.45) is 0. The molecule has 0 fully saturated rings. The molecule has 0 atom stereocenters. The van der Waals surface area contributed by atoms with Crippen molar-refractivity contribution in [3.63, 3.8) is 0 Å². The fourth-order valence-electron chi connectivity index (χ4n) is 1.88. The molecular weight excluding hydrogens is 276 g/mol. The second-order valence-electron chi connectivity index (χ2n) is 4.34. The quantitative estimate of drug-likeness (QED) is 0.913. The van der Waals surface area contributed by atoms with Crippen molar-refractivity contribution < 1.29 is 9.47 Å². The number of ether oxygens (including phenoxy) is 2. The predicted molar refractivity (Wildman–Crippen MR) is 80.9 cm³/mol. The second kappa shape index (κ2) is 6.48. The van der Waals surface area contributed by atoms with Crippen LogP contribution in [0.25, 0.3) is 0 Å². The molecular formula is C15H17ClN2O2. The average molecular weight is 293 g/mol. The molecule has 0 bridgehead atoms. The molecule has 1 heterocycles. The van der Waals surface area contributed by atoms with Gasteiger partial charge in [0.25, 0.3) is 0 Å². The molecule has 0 saturated carbocycles. The zero-order valence-electron chi connectivity index (χ0n) is 11.7. The van der Waals surface area contributed by atoms with Gasteiger partial charge in [-0.3, -0.25) is 4.98 Å². The summed E-state index contributed by atoms with van der Waals surface area (Å²) < 4.78 is 10.4. The van der Waals surface area contributed by atoms with E-state index in [1.165, 1.54) is 0 Å². The van der Waals surface area contributed by atoms with Crippen molar-refractivity contribution in [1.82, 2.24) is 4.98 Å². The molecule has 0 unspecified atom stereocenters. The fraction of sp³-hybridized carbons (Fsp3) is 0.267. The molecule has 0 saturated heterocycles. The molecule has 106 valence electrons. The molecule has 0 amide bonds. The highest BCUT2D eigenvalue weighted by Crippen LogP contribution is 2.27. The molecule has 0 spiro atoms. The first kappa shape index (κ1) is 14.5. The predicted octanol–water partition coefficient (Wildman–Crippen LogP) is 3.67. The van der Waals surface area contributed by atoms with Gasteiger partial charge in [0.2, 0.25) is 0 Å². The van der Waals surface area contributed by atoms with Crippen molar-refractivity contribution in [1.29, 1.82) is 0 Å². The third-order valence-corrected chi connectivity index (χ3v) is 3.14. The molecule has 1 aromatic heterocycles. The van der Waals surface area contributed by atoms with Gasteiger partial charge in [-0.1, -0.05) is 11.6 Å². The number of rotatable bonds is 5. The third kappa shape index (κ3) is 3.54. The molecule has 5 heteroatoms. The number of pyridine rings is 1. The van der Waals surface area contributed by atoms with Crippen LogP contribution >= 0.6 is 11.6 Å². The van der Waals surface area contributed by atoms with E-state index in [0.29, 0.717) is 17.3 Å². The fourth-order valence-corrected chi connectivity index (χ4v) is 2.14. The highest BCUT2D eigenvalue weighted by molar-refractivity contribution is 6.32. The molecule has 0 aliphatic heterocycles. The van der Waals surface area contributed by atoms with E-state index < -0.39 is 0 Å². The summed E-state index contributed by atoms with van der Waals surface area (Å²) in [7, 11) is 3.24. The first-order valence-corrected chi connectivity index (χ1v) is 6.59. The number of methoxy groups -OCH3 is 2. The molecule has 0 radical (unpaired) electrons. The molecule has 1 aromatic carbocycles. The Kier molecular flexibility index (Phi) is 4.69. The summed E-state index contributed by atoms with van der Waals surface area (Å²) in [5, 5.41) is 3.85. The van der Waals surface area contributed by atoms with Crippen molar-refractivity contribution in [2.45, 2.75) is 13.5 Å². The Morgan fingerprint density at radius 3 is 2.60 bits per heavy atom. The molecule has 4 nitrogen and oxygen atoms in total. The van der Waals surface area contributed by atoms with Crippen LogP contribution in [0, 0.1) is 6.92 Å². The highest BCUT2D eigenvalue weighted by Gasteiger charge is 2.03. The van der Waals surface area contributed by atoms with E-state index in [-0.39, 0.29) is 0 Å². The summed E-state index contributed by atoms with van der Waals surface area (Å²) >= 11 is 6.08. The lowest BCUT2D eigenvalue weighted by molar-refractivity contribution is 0.413. The standard InChI is InChI=1S/C15H17ClN2O2/c1-10-6-13(19-2)7-12(18-10)9-17-11-4-5-15(20-3)14(16)8-11/h4-8,17H,9H2,1-3H3. The number of hydrogen-bond acceptors (Lipinski definition) is 4. The maximum atomic E-state index is 6.08.